The highest BCUT2D eigenvalue weighted by atomic mass is 16.7. The monoisotopic (exact) mass is 234 g/mol. The number of nitro groups is 2. The standard InChI is InChI=1S/C9H6N4O4/c14-12(15)8-3-1-7(2-4-8)9-10-5-6-11(9)13(16)17/h1-6H. The molecule has 0 radical (unpaired) electrons. The fourth-order valence-corrected chi connectivity index (χ4v) is 1.37. The van der Waals surface area contributed by atoms with Crippen LogP contribution in [-0.4, -0.2) is 19.6 Å². The van der Waals surface area contributed by atoms with E-state index in [1.54, 1.807) is 0 Å². The third kappa shape index (κ3) is 1.95. The minimum Gasteiger partial charge on any atom is -0.258 e. The van der Waals surface area contributed by atoms with Gasteiger partial charge in [-0.25, -0.2) is 15.1 Å². The van der Waals surface area contributed by atoms with Gasteiger partial charge in [0.05, 0.1) is 17.3 Å². The van der Waals surface area contributed by atoms with Crippen molar-refractivity contribution in [3.05, 3.63) is 56.9 Å². The molecule has 86 valence electrons. The summed E-state index contributed by atoms with van der Waals surface area (Å²) in [5, 5.41) is 20.5. The Hall–Kier alpha value is -2.77. The second-order valence-corrected chi connectivity index (χ2v) is 3.14. The maximum Gasteiger partial charge on any atom is 0.269 e. The maximum absolute atomic E-state index is 10.7. The van der Waals surface area contributed by atoms with E-state index in [2.05, 4.69) is 4.98 Å². The van der Waals surface area contributed by atoms with Crippen molar-refractivity contribution in [3.63, 3.8) is 0 Å². The quantitative estimate of drug-likeness (QED) is 0.591. The lowest BCUT2D eigenvalue weighted by molar-refractivity contribution is -0.540. The molecule has 0 atom stereocenters. The first-order valence-electron chi connectivity index (χ1n) is 4.52. The zero-order valence-electron chi connectivity index (χ0n) is 8.39. The average Bonchev–Trinajstić information content (AvgIpc) is 2.78. The van der Waals surface area contributed by atoms with E-state index >= 15 is 0 Å². The van der Waals surface area contributed by atoms with E-state index in [9.17, 15) is 20.2 Å². The van der Waals surface area contributed by atoms with E-state index in [0.717, 1.165) is 4.68 Å². The van der Waals surface area contributed by atoms with E-state index in [4.69, 9.17) is 0 Å². The van der Waals surface area contributed by atoms with Crippen molar-refractivity contribution in [2.75, 3.05) is 0 Å². The summed E-state index contributed by atoms with van der Waals surface area (Å²) in [5.74, 6) is 0.130. The number of nitrogens with zero attached hydrogens (tertiary/aromatic N) is 4. The van der Waals surface area contributed by atoms with Gasteiger partial charge in [-0.05, 0) is 12.1 Å². The molecule has 17 heavy (non-hydrogen) atoms. The summed E-state index contributed by atoms with van der Waals surface area (Å²) in [5.41, 5.74) is 0.366. The number of benzene rings is 1. The highest BCUT2D eigenvalue weighted by Crippen LogP contribution is 2.20. The van der Waals surface area contributed by atoms with Gasteiger partial charge in [0, 0.05) is 17.7 Å². The molecule has 2 aromatic rings. The molecular formula is C9H6N4O4. The van der Waals surface area contributed by atoms with Crippen molar-refractivity contribution in [3.8, 4) is 11.4 Å². The van der Waals surface area contributed by atoms with Crippen LogP contribution in [0.3, 0.4) is 0 Å². The van der Waals surface area contributed by atoms with Crippen molar-refractivity contribution in [2.24, 2.45) is 0 Å². The molecule has 8 nitrogen and oxygen atoms in total. The van der Waals surface area contributed by atoms with Gasteiger partial charge < -0.3 is 0 Å². The first-order valence-corrected chi connectivity index (χ1v) is 4.52. The number of nitro benzene ring substituents is 1. The molecule has 0 saturated carbocycles. The van der Waals surface area contributed by atoms with Gasteiger partial charge in [0.25, 0.3) is 5.69 Å². The normalized spacial score (nSPS) is 10.1. The summed E-state index contributed by atoms with van der Waals surface area (Å²) in [6.45, 7) is 0. The molecule has 0 spiro atoms. The molecule has 1 aromatic heterocycles. The Kier molecular flexibility index (Phi) is 2.53. The molecule has 0 amide bonds. The molecular weight excluding hydrogens is 228 g/mol. The van der Waals surface area contributed by atoms with Crippen LogP contribution < -0.4 is 0 Å². The molecule has 1 heterocycles. The van der Waals surface area contributed by atoms with Gasteiger partial charge in [-0.15, -0.1) is 0 Å². The zero-order chi connectivity index (χ0) is 12.4. The largest absolute Gasteiger partial charge is 0.269 e. The molecule has 0 saturated heterocycles. The highest BCUT2D eigenvalue weighted by molar-refractivity contribution is 5.57. The SMILES string of the molecule is O=[N+]([O-])c1ccc(-c2nccn2[N+](=O)[O-])cc1. The number of rotatable bonds is 3. The lowest BCUT2D eigenvalue weighted by Crippen LogP contribution is -2.08. The van der Waals surface area contributed by atoms with Crippen molar-refractivity contribution in [1.29, 1.82) is 0 Å². The summed E-state index contributed by atoms with van der Waals surface area (Å²) in [7, 11) is 0. The van der Waals surface area contributed by atoms with Crippen molar-refractivity contribution < 1.29 is 9.96 Å². The second-order valence-electron chi connectivity index (χ2n) is 3.14. The Bertz CT molecular complexity index is 575. The van der Waals surface area contributed by atoms with Crippen LogP contribution in [0.15, 0.2) is 36.7 Å². The number of imidazole rings is 1. The van der Waals surface area contributed by atoms with E-state index in [-0.39, 0.29) is 11.5 Å². The Labute approximate surface area is 94.4 Å². The van der Waals surface area contributed by atoms with Crippen molar-refractivity contribution in [1.82, 2.24) is 9.66 Å². The number of aromatic nitrogens is 2. The van der Waals surface area contributed by atoms with Gasteiger partial charge >= 0.3 is 0 Å². The fourth-order valence-electron chi connectivity index (χ4n) is 1.37. The molecule has 8 heteroatoms. The molecule has 0 N–H and O–H groups in total. The third-order valence-electron chi connectivity index (χ3n) is 2.13. The minimum atomic E-state index is -0.621. The molecule has 0 aliphatic heterocycles. The van der Waals surface area contributed by atoms with Crippen LogP contribution in [0.25, 0.3) is 11.4 Å². The van der Waals surface area contributed by atoms with Crippen LogP contribution >= 0.6 is 0 Å². The Morgan fingerprint density at radius 1 is 1.12 bits per heavy atom. The van der Waals surface area contributed by atoms with Gasteiger partial charge in [0.1, 0.15) is 0 Å². The molecule has 0 aliphatic carbocycles. The van der Waals surface area contributed by atoms with Gasteiger partial charge in [-0.3, -0.25) is 10.1 Å². The van der Waals surface area contributed by atoms with E-state index < -0.39 is 9.96 Å². The Morgan fingerprint density at radius 3 is 2.29 bits per heavy atom. The highest BCUT2D eigenvalue weighted by Gasteiger charge is 2.14. The first-order chi connectivity index (χ1) is 8.09. The molecule has 1 aromatic carbocycles. The maximum atomic E-state index is 10.7. The predicted octanol–water partition coefficient (Wildman–Crippen LogP) is 1.50. The van der Waals surface area contributed by atoms with Crippen molar-refractivity contribution in [2.45, 2.75) is 0 Å². The number of hydrogen-bond donors (Lipinski definition) is 0. The lowest BCUT2D eigenvalue weighted by Gasteiger charge is -1.98. The summed E-state index contributed by atoms with van der Waals surface area (Å²) >= 11 is 0. The summed E-state index contributed by atoms with van der Waals surface area (Å²) in [6, 6.07) is 5.38. The van der Waals surface area contributed by atoms with Crippen LogP contribution in [0, 0.1) is 20.2 Å². The Balaban J connectivity index is 2.43. The van der Waals surface area contributed by atoms with Gasteiger partial charge in [-0.2, -0.15) is 0 Å². The Morgan fingerprint density at radius 2 is 1.76 bits per heavy atom. The number of non-ortho nitro benzene ring substituents is 1. The molecule has 0 aliphatic rings. The van der Waals surface area contributed by atoms with E-state index in [1.165, 1.54) is 36.7 Å². The summed E-state index contributed by atoms with van der Waals surface area (Å²) in [4.78, 5) is 24.4. The third-order valence-corrected chi connectivity index (χ3v) is 2.13. The molecule has 0 unspecified atom stereocenters. The van der Waals surface area contributed by atoms with E-state index in [1.807, 2.05) is 0 Å². The number of hydrogen-bond acceptors (Lipinski definition) is 5. The van der Waals surface area contributed by atoms with E-state index in [0.29, 0.717) is 5.56 Å². The topological polar surface area (TPSA) is 104 Å². The van der Waals surface area contributed by atoms with Gasteiger partial charge in [0.2, 0.25) is 5.82 Å². The summed E-state index contributed by atoms with van der Waals surface area (Å²) in [6.07, 6.45) is 2.50. The molecule has 2 rings (SSSR count). The zero-order valence-corrected chi connectivity index (χ0v) is 8.39. The predicted molar refractivity (Wildman–Crippen MR) is 56.7 cm³/mol. The van der Waals surface area contributed by atoms with Gasteiger partial charge in [0.15, 0.2) is 5.03 Å². The van der Waals surface area contributed by atoms with Crippen LogP contribution in [0.1, 0.15) is 0 Å². The fraction of sp³-hybridized carbons (Fsp3) is 0. The lowest BCUT2D eigenvalue weighted by atomic mass is 10.2. The van der Waals surface area contributed by atoms with Gasteiger partial charge in [-0.1, -0.05) is 4.68 Å². The molecule has 0 fully saturated rings. The minimum absolute atomic E-state index is 0.0760. The van der Waals surface area contributed by atoms with Crippen molar-refractivity contribution >= 4 is 5.69 Å². The first kappa shape index (κ1) is 10.7. The average molecular weight is 234 g/mol. The van der Waals surface area contributed by atoms with Crippen LogP contribution in [-0.2, 0) is 0 Å². The summed E-state index contributed by atoms with van der Waals surface area (Å²) < 4.78 is 0.751. The van der Waals surface area contributed by atoms with Crippen LogP contribution in [0.4, 0.5) is 5.69 Å². The van der Waals surface area contributed by atoms with Crippen LogP contribution in [0.2, 0.25) is 0 Å². The second kappa shape index (κ2) is 4.00. The smallest absolute Gasteiger partial charge is 0.258 e. The van der Waals surface area contributed by atoms with Crippen LogP contribution in [0.5, 0.6) is 0 Å². The molecule has 0 bridgehead atoms.